The average molecular weight is 357 g/mol. The van der Waals surface area contributed by atoms with Crippen LogP contribution in [0.5, 0.6) is 0 Å². The minimum atomic E-state index is -4.57. The van der Waals surface area contributed by atoms with Crippen molar-refractivity contribution < 1.29 is 22.8 Å². The van der Waals surface area contributed by atoms with Gasteiger partial charge in [-0.05, 0) is 31.4 Å². The molecule has 1 aromatic carbocycles. The van der Waals surface area contributed by atoms with Crippen LogP contribution in [0.2, 0.25) is 0 Å². The Bertz CT molecular complexity index is 639. The molecular formula is C17H22F3N3O2. The van der Waals surface area contributed by atoms with Crippen molar-refractivity contribution in [2.45, 2.75) is 32.0 Å². The lowest BCUT2D eigenvalue weighted by molar-refractivity contribution is -0.138. The molecule has 1 saturated heterocycles. The quantitative estimate of drug-likeness (QED) is 0.866. The third-order valence-corrected chi connectivity index (χ3v) is 4.37. The molecule has 1 heterocycles. The van der Waals surface area contributed by atoms with E-state index in [4.69, 9.17) is 0 Å². The maximum Gasteiger partial charge on any atom is 0.417 e. The van der Waals surface area contributed by atoms with Crippen molar-refractivity contribution in [3.63, 3.8) is 0 Å². The van der Waals surface area contributed by atoms with Crippen molar-refractivity contribution in [2.24, 2.45) is 0 Å². The SMILES string of the molecule is CNC(=O)CN1CCC(NC(=O)c2cccc(C)c2C(F)(F)F)CC1. The first-order chi connectivity index (χ1) is 11.7. The number of alkyl halides is 3. The van der Waals surface area contributed by atoms with E-state index in [0.29, 0.717) is 25.9 Å². The number of carbonyl (C=O) groups is 2. The molecule has 0 aromatic heterocycles. The third-order valence-electron chi connectivity index (χ3n) is 4.37. The van der Waals surface area contributed by atoms with E-state index < -0.39 is 17.6 Å². The van der Waals surface area contributed by atoms with Crippen LogP contribution in [-0.4, -0.2) is 49.4 Å². The predicted molar refractivity (Wildman–Crippen MR) is 87.2 cm³/mol. The van der Waals surface area contributed by atoms with Crippen LogP contribution < -0.4 is 10.6 Å². The van der Waals surface area contributed by atoms with Gasteiger partial charge in [0.1, 0.15) is 0 Å². The molecule has 0 saturated carbocycles. The number of likely N-dealkylation sites (tertiary alicyclic amines) is 1. The molecule has 2 N–H and O–H groups in total. The van der Waals surface area contributed by atoms with Gasteiger partial charge in [-0.3, -0.25) is 14.5 Å². The molecule has 0 aliphatic carbocycles. The van der Waals surface area contributed by atoms with Gasteiger partial charge in [0.2, 0.25) is 5.91 Å². The highest BCUT2D eigenvalue weighted by atomic mass is 19.4. The summed E-state index contributed by atoms with van der Waals surface area (Å²) in [6, 6.07) is 3.80. The monoisotopic (exact) mass is 357 g/mol. The predicted octanol–water partition coefficient (Wildman–Crippen LogP) is 1.95. The van der Waals surface area contributed by atoms with Crippen LogP contribution in [-0.2, 0) is 11.0 Å². The Morgan fingerprint density at radius 2 is 1.88 bits per heavy atom. The highest BCUT2D eigenvalue weighted by Crippen LogP contribution is 2.34. The Hall–Kier alpha value is -2.09. The van der Waals surface area contributed by atoms with Crippen molar-refractivity contribution in [2.75, 3.05) is 26.7 Å². The minimum Gasteiger partial charge on any atom is -0.358 e. The topological polar surface area (TPSA) is 61.4 Å². The Kier molecular flexibility index (Phi) is 6.05. The average Bonchev–Trinajstić information content (AvgIpc) is 2.55. The molecule has 1 fully saturated rings. The van der Waals surface area contributed by atoms with Crippen LogP contribution in [0.1, 0.15) is 34.3 Å². The van der Waals surface area contributed by atoms with Crippen molar-refractivity contribution in [1.29, 1.82) is 0 Å². The van der Waals surface area contributed by atoms with Gasteiger partial charge in [0.15, 0.2) is 0 Å². The summed E-state index contributed by atoms with van der Waals surface area (Å²) in [6.07, 6.45) is -3.39. The maximum absolute atomic E-state index is 13.2. The summed E-state index contributed by atoms with van der Waals surface area (Å²) in [7, 11) is 1.56. The number of halogens is 3. The molecule has 0 atom stereocenters. The van der Waals surface area contributed by atoms with Gasteiger partial charge in [0.25, 0.3) is 5.91 Å². The Labute approximate surface area is 144 Å². The van der Waals surface area contributed by atoms with Crippen LogP contribution in [0, 0.1) is 6.92 Å². The van der Waals surface area contributed by atoms with E-state index in [1.165, 1.54) is 25.1 Å². The van der Waals surface area contributed by atoms with E-state index in [-0.39, 0.29) is 29.6 Å². The lowest BCUT2D eigenvalue weighted by Crippen LogP contribution is -2.47. The first-order valence-corrected chi connectivity index (χ1v) is 8.13. The molecule has 25 heavy (non-hydrogen) atoms. The fraction of sp³-hybridized carbons (Fsp3) is 0.529. The number of amides is 2. The number of likely N-dealkylation sites (N-methyl/N-ethyl adjacent to an activating group) is 1. The van der Waals surface area contributed by atoms with Crippen molar-refractivity contribution in [3.8, 4) is 0 Å². The van der Waals surface area contributed by atoms with E-state index in [0.717, 1.165) is 0 Å². The Balaban J connectivity index is 2.00. The Morgan fingerprint density at radius 1 is 1.24 bits per heavy atom. The summed E-state index contributed by atoms with van der Waals surface area (Å²) in [5.41, 5.74) is -1.20. The zero-order chi connectivity index (χ0) is 18.6. The summed E-state index contributed by atoms with van der Waals surface area (Å²) in [6.45, 7) is 2.85. The van der Waals surface area contributed by atoms with Gasteiger partial charge in [0, 0.05) is 26.2 Å². The van der Waals surface area contributed by atoms with E-state index in [2.05, 4.69) is 10.6 Å². The van der Waals surface area contributed by atoms with Gasteiger partial charge in [-0.25, -0.2) is 0 Å². The summed E-state index contributed by atoms with van der Waals surface area (Å²) < 4.78 is 39.7. The zero-order valence-corrected chi connectivity index (χ0v) is 14.2. The lowest BCUT2D eigenvalue weighted by atomic mass is 9.99. The van der Waals surface area contributed by atoms with Gasteiger partial charge in [-0.15, -0.1) is 0 Å². The highest BCUT2D eigenvalue weighted by Gasteiger charge is 2.37. The number of carbonyl (C=O) groups excluding carboxylic acids is 2. The van der Waals surface area contributed by atoms with Gasteiger partial charge < -0.3 is 10.6 Å². The number of benzene rings is 1. The van der Waals surface area contributed by atoms with Gasteiger partial charge in [0.05, 0.1) is 17.7 Å². The molecule has 1 aliphatic rings. The molecule has 138 valence electrons. The van der Waals surface area contributed by atoms with Crippen LogP contribution in [0.3, 0.4) is 0 Å². The van der Waals surface area contributed by atoms with Gasteiger partial charge in [-0.1, -0.05) is 12.1 Å². The molecule has 0 spiro atoms. The minimum absolute atomic E-state index is 0.0283. The molecule has 1 aromatic rings. The molecular weight excluding hydrogens is 335 g/mol. The van der Waals surface area contributed by atoms with Crippen molar-refractivity contribution in [3.05, 3.63) is 34.9 Å². The number of nitrogens with zero attached hydrogens (tertiary/aromatic N) is 1. The molecule has 0 radical (unpaired) electrons. The van der Waals surface area contributed by atoms with Gasteiger partial charge in [-0.2, -0.15) is 13.2 Å². The second-order valence-corrected chi connectivity index (χ2v) is 6.19. The highest BCUT2D eigenvalue weighted by molar-refractivity contribution is 5.96. The van der Waals surface area contributed by atoms with Crippen LogP contribution in [0.15, 0.2) is 18.2 Å². The second kappa shape index (κ2) is 7.86. The summed E-state index contributed by atoms with van der Waals surface area (Å²) in [5, 5.41) is 5.24. The summed E-state index contributed by atoms with van der Waals surface area (Å²) in [5.74, 6) is -0.794. The molecule has 8 heteroatoms. The Morgan fingerprint density at radius 3 is 2.44 bits per heavy atom. The molecule has 2 rings (SSSR count). The standard InChI is InChI=1S/C17H22F3N3O2/c1-11-4-3-5-13(15(11)17(18,19)20)16(25)22-12-6-8-23(9-7-12)10-14(24)21-2/h3-5,12H,6-10H2,1-2H3,(H,21,24)(H,22,25). The van der Waals surface area contributed by atoms with E-state index in [9.17, 15) is 22.8 Å². The normalized spacial score (nSPS) is 16.5. The molecule has 1 aliphatic heterocycles. The molecule has 5 nitrogen and oxygen atoms in total. The number of rotatable bonds is 4. The fourth-order valence-electron chi connectivity index (χ4n) is 3.01. The van der Waals surface area contributed by atoms with Crippen LogP contribution in [0.25, 0.3) is 0 Å². The lowest BCUT2D eigenvalue weighted by Gasteiger charge is -2.32. The van der Waals surface area contributed by atoms with Gasteiger partial charge >= 0.3 is 6.18 Å². The van der Waals surface area contributed by atoms with E-state index in [1.807, 2.05) is 4.90 Å². The zero-order valence-electron chi connectivity index (χ0n) is 14.2. The largest absolute Gasteiger partial charge is 0.417 e. The summed E-state index contributed by atoms with van der Waals surface area (Å²) in [4.78, 5) is 25.7. The number of aryl methyl sites for hydroxylation is 1. The number of hydrogen-bond donors (Lipinski definition) is 2. The molecule has 0 unspecified atom stereocenters. The maximum atomic E-state index is 13.2. The molecule has 0 bridgehead atoms. The van der Waals surface area contributed by atoms with Crippen molar-refractivity contribution in [1.82, 2.24) is 15.5 Å². The van der Waals surface area contributed by atoms with Crippen LogP contribution in [0.4, 0.5) is 13.2 Å². The fourth-order valence-corrected chi connectivity index (χ4v) is 3.01. The second-order valence-electron chi connectivity index (χ2n) is 6.19. The number of piperidine rings is 1. The number of hydrogen-bond acceptors (Lipinski definition) is 3. The third kappa shape index (κ3) is 4.94. The van der Waals surface area contributed by atoms with E-state index in [1.54, 1.807) is 7.05 Å². The number of nitrogens with one attached hydrogen (secondary N) is 2. The smallest absolute Gasteiger partial charge is 0.358 e. The first kappa shape index (κ1) is 19.2. The van der Waals surface area contributed by atoms with E-state index >= 15 is 0 Å². The molecule has 2 amide bonds. The summed E-state index contributed by atoms with van der Waals surface area (Å²) >= 11 is 0. The van der Waals surface area contributed by atoms with Crippen LogP contribution >= 0.6 is 0 Å². The van der Waals surface area contributed by atoms with Crippen molar-refractivity contribution >= 4 is 11.8 Å². The first-order valence-electron chi connectivity index (χ1n) is 8.13.